The SMILES string of the molecule is CCN[C@H](C)CNC(=O)C1(c2cccc(Cl)c2)CCCC1. The summed E-state index contributed by atoms with van der Waals surface area (Å²) in [6.45, 7) is 5.73. The van der Waals surface area contributed by atoms with Gasteiger partial charge in [0.1, 0.15) is 0 Å². The van der Waals surface area contributed by atoms with E-state index in [9.17, 15) is 4.79 Å². The van der Waals surface area contributed by atoms with Crippen molar-refractivity contribution in [3.05, 3.63) is 34.9 Å². The molecular formula is C17H25ClN2O. The maximum atomic E-state index is 12.8. The summed E-state index contributed by atoms with van der Waals surface area (Å²) < 4.78 is 0. The van der Waals surface area contributed by atoms with Crippen molar-refractivity contribution in [1.82, 2.24) is 10.6 Å². The number of hydrogen-bond donors (Lipinski definition) is 2. The van der Waals surface area contributed by atoms with Gasteiger partial charge in [-0.1, -0.05) is 43.5 Å². The van der Waals surface area contributed by atoms with E-state index in [1.54, 1.807) is 0 Å². The molecule has 2 N–H and O–H groups in total. The van der Waals surface area contributed by atoms with E-state index >= 15 is 0 Å². The zero-order valence-corrected chi connectivity index (χ0v) is 13.7. The lowest BCUT2D eigenvalue weighted by atomic mass is 9.78. The van der Waals surface area contributed by atoms with Gasteiger partial charge in [-0.2, -0.15) is 0 Å². The van der Waals surface area contributed by atoms with Crippen LogP contribution in [0.5, 0.6) is 0 Å². The van der Waals surface area contributed by atoms with Crippen molar-refractivity contribution in [3.8, 4) is 0 Å². The minimum absolute atomic E-state index is 0.145. The van der Waals surface area contributed by atoms with Crippen LogP contribution in [0.25, 0.3) is 0 Å². The third kappa shape index (κ3) is 3.78. The Kier molecular flexibility index (Phi) is 5.65. The first kappa shape index (κ1) is 16.3. The second-order valence-electron chi connectivity index (χ2n) is 5.97. The topological polar surface area (TPSA) is 41.1 Å². The minimum atomic E-state index is -0.392. The number of nitrogens with one attached hydrogen (secondary N) is 2. The maximum Gasteiger partial charge on any atom is 0.230 e. The van der Waals surface area contributed by atoms with Gasteiger partial charge in [0.15, 0.2) is 0 Å². The van der Waals surface area contributed by atoms with Gasteiger partial charge in [0.25, 0.3) is 0 Å². The highest BCUT2D eigenvalue weighted by atomic mass is 35.5. The molecular weight excluding hydrogens is 284 g/mol. The van der Waals surface area contributed by atoms with E-state index in [0.29, 0.717) is 11.6 Å². The summed E-state index contributed by atoms with van der Waals surface area (Å²) in [7, 11) is 0. The van der Waals surface area contributed by atoms with Crippen LogP contribution >= 0.6 is 11.6 Å². The molecule has 0 bridgehead atoms. The third-order valence-corrected chi connectivity index (χ3v) is 4.63. The standard InChI is InChI=1S/C17H25ClN2O/c1-3-19-13(2)12-20-16(21)17(9-4-5-10-17)14-7-6-8-15(18)11-14/h6-8,11,13,19H,3-5,9-10,12H2,1-2H3,(H,20,21)/t13-/m1/s1. The van der Waals surface area contributed by atoms with Crippen molar-refractivity contribution in [3.63, 3.8) is 0 Å². The van der Waals surface area contributed by atoms with Crippen molar-refractivity contribution < 1.29 is 4.79 Å². The Balaban J connectivity index is 2.13. The maximum absolute atomic E-state index is 12.8. The molecule has 1 saturated carbocycles. The molecule has 2 rings (SSSR count). The molecule has 0 unspecified atom stereocenters. The minimum Gasteiger partial charge on any atom is -0.354 e. The molecule has 0 aromatic heterocycles. The molecule has 0 heterocycles. The highest BCUT2D eigenvalue weighted by molar-refractivity contribution is 6.30. The Labute approximate surface area is 132 Å². The molecule has 1 atom stereocenters. The summed E-state index contributed by atoms with van der Waals surface area (Å²) in [6, 6.07) is 8.06. The predicted molar refractivity (Wildman–Crippen MR) is 87.7 cm³/mol. The average molecular weight is 309 g/mol. The molecule has 116 valence electrons. The fourth-order valence-corrected chi connectivity index (χ4v) is 3.44. The Morgan fingerprint density at radius 3 is 2.71 bits per heavy atom. The van der Waals surface area contributed by atoms with Crippen LogP contribution in [0, 0.1) is 0 Å². The largest absolute Gasteiger partial charge is 0.354 e. The van der Waals surface area contributed by atoms with E-state index < -0.39 is 5.41 Å². The molecule has 1 aliphatic carbocycles. The van der Waals surface area contributed by atoms with Crippen LogP contribution in [-0.4, -0.2) is 25.0 Å². The molecule has 0 spiro atoms. The average Bonchev–Trinajstić information content (AvgIpc) is 2.96. The van der Waals surface area contributed by atoms with Gasteiger partial charge < -0.3 is 10.6 Å². The number of carbonyl (C=O) groups is 1. The first-order chi connectivity index (χ1) is 10.1. The zero-order valence-electron chi connectivity index (χ0n) is 12.9. The van der Waals surface area contributed by atoms with Gasteiger partial charge in [-0.05, 0) is 44.0 Å². The number of carbonyl (C=O) groups excluding carboxylic acids is 1. The van der Waals surface area contributed by atoms with Crippen molar-refractivity contribution in [1.29, 1.82) is 0 Å². The Morgan fingerprint density at radius 1 is 1.38 bits per heavy atom. The van der Waals surface area contributed by atoms with Crippen molar-refractivity contribution >= 4 is 17.5 Å². The number of benzene rings is 1. The molecule has 21 heavy (non-hydrogen) atoms. The van der Waals surface area contributed by atoms with Gasteiger partial charge in [-0.15, -0.1) is 0 Å². The number of halogens is 1. The second kappa shape index (κ2) is 7.28. The number of rotatable bonds is 6. The quantitative estimate of drug-likeness (QED) is 0.847. The van der Waals surface area contributed by atoms with Crippen LogP contribution in [-0.2, 0) is 10.2 Å². The van der Waals surface area contributed by atoms with E-state index in [2.05, 4.69) is 24.5 Å². The van der Waals surface area contributed by atoms with Crippen LogP contribution in [0.4, 0.5) is 0 Å². The molecule has 1 amide bonds. The molecule has 0 radical (unpaired) electrons. The lowest BCUT2D eigenvalue weighted by Gasteiger charge is -2.29. The summed E-state index contributed by atoms with van der Waals surface area (Å²) in [6.07, 6.45) is 4.02. The Morgan fingerprint density at radius 2 is 2.10 bits per heavy atom. The zero-order chi connectivity index (χ0) is 15.3. The number of hydrogen-bond acceptors (Lipinski definition) is 2. The van der Waals surface area contributed by atoms with Gasteiger partial charge in [0.2, 0.25) is 5.91 Å². The molecule has 1 aliphatic rings. The van der Waals surface area contributed by atoms with E-state index in [1.807, 2.05) is 24.3 Å². The molecule has 3 nitrogen and oxygen atoms in total. The van der Waals surface area contributed by atoms with E-state index in [1.165, 1.54) is 0 Å². The predicted octanol–water partition coefficient (Wildman–Crippen LogP) is 3.27. The van der Waals surface area contributed by atoms with E-state index in [0.717, 1.165) is 37.8 Å². The third-order valence-electron chi connectivity index (χ3n) is 4.39. The summed E-state index contributed by atoms with van der Waals surface area (Å²) in [5, 5.41) is 7.14. The molecule has 0 aliphatic heterocycles. The van der Waals surface area contributed by atoms with Gasteiger partial charge in [-0.25, -0.2) is 0 Å². The Hall–Kier alpha value is -1.06. The van der Waals surface area contributed by atoms with Crippen molar-refractivity contribution in [2.24, 2.45) is 0 Å². The highest BCUT2D eigenvalue weighted by Crippen LogP contribution is 2.42. The van der Waals surface area contributed by atoms with E-state index in [-0.39, 0.29) is 11.9 Å². The molecule has 1 fully saturated rings. The van der Waals surface area contributed by atoms with Gasteiger partial charge in [-0.3, -0.25) is 4.79 Å². The summed E-state index contributed by atoms with van der Waals surface area (Å²) in [5.74, 6) is 0.145. The fraction of sp³-hybridized carbons (Fsp3) is 0.588. The summed E-state index contributed by atoms with van der Waals surface area (Å²) in [4.78, 5) is 12.8. The van der Waals surface area contributed by atoms with E-state index in [4.69, 9.17) is 11.6 Å². The fourth-order valence-electron chi connectivity index (χ4n) is 3.25. The van der Waals surface area contributed by atoms with Crippen LogP contribution in [0.1, 0.15) is 45.1 Å². The lowest BCUT2D eigenvalue weighted by molar-refractivity contribution is -0.126. The second-order valence-corrected chi connectivity index (χ2v) is 6.40. The lowest BCUT2D eigenvalue weighted by Crippen LogP contribution is -2.47. The number of likely N-dealkylation sites (N-methyl/N-ethyl adjacent to an activating group) is 1. The smallest absolute Gasteiger partial charge is 0.230 e. The van der Waals surface area contributed by atoms with Crippen LogP contribution in [0.15, 0.2) is 24.3 Å². The van der Waals surface area contributed by atoms with Crippen LogP contribution in [0.3, 0.4) is 0 Å². The molecule has 1 aromatic carbocycles. The van der Waals surface area contributed by atoms with Gasteiger partial charge in [0.05, 0.1) is 5.41 Å². The normalized spacial score (nSPS) is 18.4. The Bertz CT molecular complexity index is 483. The first-order valence-electron chi connectivity index (χ1n) is 7.86. The van der Waals surface area contributed by atoms with Gasteiger partial charge in [0, 0.05) is 17.6 Å². The summed E-state index contributed by atoms with van der Waals surface area (Å²) in [5.41, 5.74) is 0.665. The number of amides is 1. The van der Waals surface area contributed by atoms with Gasteiger partial charge >= 0.3 is 0 Å². The van der Waals surface area contributed by atoms with Crippen LogP contribution < -0.4 is 10.6 Å². The molecule has 0 saturated heterocycles. The first-order valence-corrected chi connectivity index (χ1v) is 8.24. The molecule has 1 aromatic rings. The van der Waals surface area contributed by atoms with Crippen molar-refractivity contribution in [2.75, 3.05) is 13.1 Å². The molecule has 4 heteroatoms. The monoisotopic (exact) mass is 308 g/mol. The van der Waals surface area contributed by atoms with Crippen LogP contribution in [0.2, 0.25) is 5.02 Å². The summed E-state index contributed by atoms with van der Waals surface area (Å²) >= 11 is 6.12. The highest BCUT2D eigenvalue weighted by Gasteiger charge is 2.42. The van der Waals surface area contributed by atoms with Crippen molar-refractivity contribution in [2.45, 2.75) is 51.0 Å².